The number of benzene rings is 3. The van der Waals surface area contributed by atoms with Crippen LogP contribution in [-0.2, 0) is 20.2 Å². The number of hydrogen-bond donors (Lipinski definition) is 5. The maximum atomic E-state index is 11.6. The molecule has 0 aliphatic rings. The zero-order chi connectivity index (χ0) is 29.3. The van der Waals surface area contributed by atoms with E-state index in [1.54, 1.807) is 0 Å². The molecule has 204 valence electrons. The van der Waals surface area contributed by atoms with Crippen molar-refractivity contribution in [3.63, 3.8) is 0 Å². The van der Waals surface area contributed by atoms with Crippen LogP contribution in [0.1, 0.15) is 0 Å². The average Bonchev–Trinajstić information content (AvgIpc) is 2.82. The van der Waals surface area contributed by atoms with Crippen molar-refractivity contribution in [3.8, 4) is 17.2 Å². The summed E-state index contributed by atoms with van der Waals surface area (Å²) in [7, 11) is -10.1. The van der Waals surface area contributed by atoms with Crippen molar-refractivity contribution in [1.29, 1.82) is 0 Å². The maximum absolute atomic E-state index is 11.6. The molecule has 0 amide bonds. The fraction of sp³-hybridized carbons (Fsp3) is 0. The number of phenolic OH excluding ortho intramolecular Hbond substituents is 3. The molecule has 3 rings (SSSR count). The Bertz CT molecular complexity index is 1800. The summed E-state index contributed by atoms with van der Waals surface area (Å²) in [5.41, 5.74) is -4.06. The van der Waals surface area contributed by atoms with E-state index in [4.69, 9.17) is 0 Å². The van der Waals surface area contributed by atoms with Gasteiger partial charge < -0.3 is 15.3 Å². The van der Waals surface area contributed by atoms with Crippen LogP contribution in [0.15, 0.2) is 72.7 Å². The Morgan fingerprint density at radius 3 is 1.54 bits per heavy atom. The van der Waals surface area contributed by atoms with Crippen LogP contribution in [0.25, 0.3) is 0 Å². The average molecular weight is 584 g/mol. The minimum absolute atomic E-state index is 0.360. The molecule has 3 aromatic rings. The minimum Gasteiger partial charge on any atom is -0.505 e. The van der Waals surface area contributed by atoms with Crippen LogP contribution in [0.4, 0.5) is 34.1 Å². The predicted octanol–water partition coefficient (Wildman–Crippen LogP) is 3.94. The van der Waals surface area contributed by atoms with Gasteiger partial charge in [0.05, 0.1) is 9.85 Å². The monoisotopic (exact) mass is 584 g/mol. The van der Waals surface area contributed by atoms with E-state index in [9.17, 15) is 61.5 Å². The first-order chi connectivity index (χ1) is 18.0. The zero-order valence-corrected chi connectivity index (χ0v) is 20.2. The Labute approximate surface area is 215 Å². The molecule has 0 radical (unpaired) electrons. The van der Waals surface area contributed by atoms with Gasteiger partial charge in [-0.15, -0.1) is 20.5 Å². The zero-order valence-electron chi connectivity index (χ0n) is 18.5. The first-order valence-electron chi connectivity index (χ1n) is 9.63. The summed E-state index contributed by atoms with van der Waals surface area (Å²) >= 11 is 0. The van der Waals surface area contributed by atoms with Gasteiger partial charge in [0.1, 0.15) is 44.0 Å². The van der Waals surface area contributed by atoms with Crippen LogP contribution in [0.3, 0.4) is 0 Å². The molecule has 0 aliphatic heterocycles. The number of nitrogens with zero attached hydrogens (tertiary/aromatic N) is 6. The van der Waals surface area contributed by atoms with E-state index in [0.717, 1.165) is 18.2 Å². The number of rotatable bonds is 8. The Kier molecular flexibility index (Phi) is 7.54. The second-order valence-electron chi connectivity index (χ2n) is 7.16. The summed E-state index contributed by atoms with van der Waals surface area (Å²) in [6.07, 6.45) is 0. The molecule has 3 aromatic carbocycles. The third-order valence-electron chi connectivity index (χ3n) is 4.56. The lowest BCUT2D eigenvalue weighted by Crippen LogP contribution is -2.00. The van der Waals surface area contributed by atoms with Crippen molar-refractivity contribution in [3.05, 3.63) is 62.7 Å². The van der Waals surface area contributed by atoms with Gasteiger partial charge in [-0.1, -0.05) is 0 Å². The van der Waals surface area contributed by atoms with Crippen LogP contribution < -0.4 is 0 Å². The third kappa shape index (κ3) is 6.42. The van der Waals surface area contributed by atoms with E-state index in [0.29, 0.717) is 24.3 Å². The fourth-order valence-electron chi connectivity index (χ4n) is 2.79. The van der Waals surface area contributed by atoms with E-state index in [-0.39, 0.29) is 0 Å². The number of azo groups is 2. The van der Waals surface area contributed by atoms with Crippen LogP contribution >= 0.6 is 0 Å². The molecule has 39 heavy (non-hydrogen) atoms. The van der Waals surface area contributed by atoms with Crippen molar-refractivity contribution in [2.75, 3.05) is 0 Å². The Morgan fingerprint density at radius 1 is 0.590 bits per heavy atom. The third-order valence-corrected chi connectivity index (χ3v) is 6.31. The topological polar surface area (TPSA) is 305 Å². The second-order valence-corrected chi connectivity index (χ2v) is 9.94. The van der Waals surface area contributed by atoms with Crippen molar-refractivity contribution < 1.29 is 51.1 Å². The van der Waals surface area contributed by atoms with Crippen LogP contribution in [0, 0.1) is 20.2 Å². The van der Waals surface area contributed by atoms with Crippen molar-refractivity contribution in [1.82, 2.24) is 0 Å². The molecular weight excluding hydrogens is 572 g/mol. The van der Waals surface area contributed by atoms with E-state index in [1.807, 2.05) is 0 Å². The molecule has 0 saturated heterocycles. The predicted molar refractivity (Wildman–Crippen MR) is 126 cm³/mol. The molecular formula is C18H12N6O13S2. The lowest BCUT2D eigenvalue weighted by Gasteiger charge is -2.05. The Balaban J connectivity index is 2.08. The molecule has 5 N–H and O–H groups in total. The first-order valence-corrected chi connectivity index (χ1v) is 12.5. The summed E-state index contributed by atoms with van der Waals surface area (Å²) in [6, 6.07) is 4.61. The van der Waals surface area contributed by atoms with Gasteiger partial charge in [0.15, 0.2) is 5.75 Å². The van der Waals surface area contributed by atoms with Crippen LogP contribution in [0.5, 0.6) is 17.2 Å². The highest BCUT2D eigenvalue weighted by Gasteiger charge is 2.24. The van der Waals surface area contributed by atoms with Gasteiger partial charge in [0.25, 0.3) is 31.6 Å². The van der Waals surface area contributed by atoms with Gasteiger partial charge in [0, 0.05) is 36.4 Å². The first kappa shape index (κ1) is 28.5. The minimum atomic E-state index is -5.13. The quantitative estimate of drug-likeness (QED) is 0.108. The molecule has 0 saturated carbocycles. The smallest absolute Gasteiger partial charge is 0.298 e. The van der Waals surface area contributed by atoms with Gasteiger partial charge in [-0.3, -0.25) is 29.3 Å². The molecule has 0 fully saturated rings. The summed E-state index contributed by atoms with van der Waals surface area (Å²) in [5, 5.41) is 66.1. The van der Waals surface area contributed by atoms with Gasteiger partial charge in [-0.25, -0.2) is 0 Å². The highest BCUT2D eigenvalue weighted by atomic mass is 32.2. The molecule has 0 unspecified atom stereocenters. The van der Waals surface area contributed by atoms with Gasteiger partial charge in [0.2, 0.25) is 0 Å². The summed E-state index contributed by atoms with van der Waals surface area (Å²) < 4.78 is 64.7. The molecule has 0 aliphatic carbocycles. The maximum Gasteiger partial charge on any atom is 0.298 e. The normalized spacial score (nSPS) is 12.3. The summed E-state index contributed by atoms with van der Waals surface area (Å²) in [4.78, 5) is 17.7. The standard InChI is InChI=1S/C18H12N6O13S2/c25-14-7-15(26)12(21-22-13-3-9(24(30)31)5-17(18(13)27)39(35,36)37)6-11(14)20-19-10-2-1-8(23(28)29)4-16(10)38(32,33)34/h1-7,25-27H,(H,32,33,34)(H,35,36,37). The highest BCUT2D eigenvalue weighted by molar-refractivity contribution is 7.86. The number of hydrogen-bond acceptors (Lipinski definition) is 15. The molecule has 0 spiro atoms. The van der Waals surface area contributed by atoms with Gasteiger partial charge in [-0.2, -0.15) is 16.8 Å². The number of nitro benzene ring substituents is 2. The van der Waals surface area contributed by atoms with E-state index in [2.05, 4.69) is 20.5 Å². The molecule has 0 bridgehead atoms. The number of aromatic hydroxyl groups is 3. The SMILES string of the molecule is O=[N+]([O-])c1ccc(N=Nc2cc(N=Nc3cc([N+](=O)[O-])cc(S(=O)(=O)O)c3O)c(O)cc2O)c(S(=O)(=O)O)c1. The number of non-ortho nitro benzene ring substituents is 2. The van der Waals surface area contributed by atoms with Crippen molar-refractivity contribution in [2.45, 2.75) is 9.79 Å². The second kappa shape index (κ2) is 10.3. The lowest BCUT2D eigenvalue weighted by molar-refractivity contribution is -0.385. The van der Waals surface area contributed by atoms with Crippen molar-refractivity contribution in [2.24, 2.45) is 20.5 Å². The molecule has 0 heterocycles. The van der Waals surface area contributed by atoms with E-state index < -0.39 is 91.2 Å². The van der Waals surface area contributed by atoms with E-state index in [1.165, 1.54) is 0 Å². The molecule has 19 nitrogen and oxygen atoms in total. The highest BCUT2D eigenvalue weighted by Crippen LogP contribution is 2.42. The number of phenols is 3. The fourth-order valence-corrected chi connectivity index (χ4v) is 4.05. The van der Waals surface area contributed by atoms with Gasteiger partial charge in [-0.05, 0) is 6.07 Å². The summed E-state index contributed by atoms with van der Waals surface area (Å²) in [6.45, 7) is 0. The Hall–Kier alpha value is -5.12. The van der Waals surface area contributed by atoms with Crippen molar-refractivity contribution >= 4 is 54.4 Å². The largest absolute Gasteiger partial charge is 0.505 e. The summed E-state index contributed by atoms with van der Waals surface area (Å²) in [5.74, 6) is -2.75. The van der Waals surface area contributed by atoms with Crippen LogP contribution in [-0.4, -0.2) is 51.1 Å². The van der Waals surface area contributed by atoms with Gasteiger partial charge >= 0.3 is 0 Å². The molecule has 0 aromatic heterocycles. The molecule has 0 atom stereocenters. The Morgan fingerprint density at radius 2 is 1.05 bits per heavy atom. The molecule has 21 heteroatoms. The lowest BCUT2D eigenvalue weighted by atomic mass is 10.2. The number of nitro groups is 2. The van der Waals surface area contributed by atoms with E-state index >= 15 is 0 Å². The van der Waals surface area contributed by atoms with Crippen LogP contribution in [0.2, 0.25) is 0 Å².